The van der Waals surface area contributed by atoms with Crippen LogP contribution in [0.2, 0.25) is 0 Å². The second-order valence-corrected chi connectivity index (χ2v) is 5.04. The molecule has 1 aromatic rings. The van der Waals surface area contributed by atoms with Crippen molar-refractivity contribution in [1.29, 1.82) is 0 Å². The lowest BCUT2D eigenvalue weighted by molar-refractivity contribution is -0.112. The Morgan fingerprint density at radius 3 is 2.59 bits per heavy atom. The number of amides is 1. The number of carbonyl (C=O) groups excluding carboxylic acids is 1. The van der Waals surface area contributed by atoms with E-state index < -0.39 is 0 Å². The molecule has 92 valence electrons. The van der Waals surface area contributed by atoms with Crippen molar-refractivity contribution in [2.45, 2.75) is 34.1 Å². The highest BCUT2D eigenvalue weighted by atomic mass is 79.9. The van der Waals surface area contributed by atoms with Gasteiger partial charge in [0.25, 0.3) is 5.91 Å². The first-order chi connectivity index (χ1) is 7.95. The van der Waals surface area contributed by atoms with E-state index in [0.717, 1.165) is 27.7 Å². The third-order valence-electron chi connectivity index (χ3n) is 2.54. The predicted octanol–water partition coefficient (Wildman–Crippen LogP) is 4.36. The molecule has 1 aromatic carbocycles. The van der Waals surface area contributed by atoms with Crippen LogP contribution in [0.25, 0.3) is 0 Å². The van der Waals surface area contributed by atoms with Gasteiger partial charge in [0.1, 0.15) is 0 Å². The monoisotopic (exact) mass is 295 g/mol. The van der Waals surface area contributed by atoms with Gasteiger partial charge in [-0.2, -0.15) is 0 Å². The van der Waals surface area contributed by atoms with Crippen LogP contribution >= 0.6 is 15.9 Å². The van der Waals surface area contributed by atoms with Crippen LogP contribution in [0.3, 0.4) is 0 Å². The van der Waals surface area contributed by atoms with E-state index in [1.165, 1.54) is 5.56 Å². The summed E-state index contributed by atoms with van der Waals surface area (Å²) < 4.78 is 0.924. The van der Waals surface area contributed by atoms with Gasteiger partial charge in [0.15, 0.2) is 0 Å². The highest BCUT2D eigenvalue weighted by Gasteiger charge is 2.09. The Labute approximate surface area is 111 Å². The second-order valence-electron chi connectivity index (χ2n) is 4.19. The highest BCUT2D eigenvalue weighted by molar-refractivity contribution is 9.10. The van der Waals surface area contributed by atoms with Crippen molar-refractivity contribution in [1.82, 2.24) is 0 Å². The van der Waals surface area contributed by atoms with Crippen LogP contribution in [0.4, 0.5) is 5.69 Å². The quantitative estimate of drug-likeness (QED) is 0.825. The van der Waals surface area contributed by atoms with Crippen LogP contribution in [-0.2, 0) is 4.79 Å². The summed E-state index contributed by atoms with van der Waals surface area (Å²) in [5.41, 5.74) is 3.84. The normalized spacial score (nSPS) is 11.5. The summed E-state index contributed by atoms with van der Waals surface area (Å²) in [7, 11) is 0. The maximum atomic E-state index is 11.9. The number of nitrogens with one attached hydrogen (secondary N) is 1. The minimum atomic E-state index is -0.0421. The third kappa shape index (κ3) is 3.70. The molecule has 0 aromatic heterocycles. The molecule has 1 N–H and O–H groups in total. The van der Waals surface area contributed by atoms with E-state index in [-0.39, 0.29) is 5.91 Å². The first kappa shape index (κ1) is 14.0. The predicted molar refractivity (Wildman–Crippen MR) is 76.3 cm³/mol. The number of hydrogen-bond donors (Lipinski definition) is 1. The number of aryl methyl sites for hydroxylation is 2. The summed E-state index contributed by atoms with van der Waals surface area (Å²) in [6.07, 6.45) is 2.79. The molecule has 0 aliphatic heterocycles. The number of halogens is 1. The number of allylic oxidation sites excluding steroid dienone is 1. The summed E-state index contributed by atoms with van der Waals surface area (Å²) in [5.74, 6) is -0.0421. The minimum Gasteiger partial charge on any atom is -0.321 e. The molecule has 2 nitrogen and oxygen atoms in total. The smallest absolute Gasteiger partial charge is 0.251 e. The van der Waals surface area contributed by atoms with E-state index in [1.54, 1.807) is 0 Å². The van der Waals surface area contributed by atoms with E-state index in [9.17, 15) is 4.79 Å². The molecule has 3 heteroatoms. The fourth-order valence-corrected chi connectivity index (χ4v) is 2.46. The summed E-state index contributed by atoms with van der Waals surface area (Å²) in [5, 5.41) is 2.94. The van der Waals surface area contributed by atoms with Gasteiger partial charge in [-0.05, 0) is 60.3 Å². The van der Waals surface area contributed by atoms with Gasteiger partial charge >= 0.3 is 0 Å². The van der Waals surface area contributed by atoms with Crippen molar-refractivity contribution in [3.63, 3.8) is 0 Å². The first-order valence-corrected chi connectivity index (χ1v) is 6.49. The zero-order chi connectivity index (χ0) is 13.0. The maximum Gasteiger partial charge on any atom is 0.251 e. The SMILES string of the molecule is CC/C=C(/C)C(=O)Nc1c(C)cc(C)cc1Br. The van der Waals surface area contributed by atoms with Crippen LogP contribution in [0, 0.1) is 13.8 Å². The van der Waals surface area contributed by atoms with Crippen molar-refractivity contribution in [3.05, 3.63) is 39.4 Å². The zero-order valence-corrected chi connectivity index (χ0v) is 12.3. The molecule has 0 spiro atoms. The van der Waals surface area contributed by atoms with E-state index in [1.807, 2.05) is 39.8 Å². The standard InChI is InChI=1S/C14H18BrNO/c1-5-6-10(3)14(17)16-13-11(4)7-9(2)8-12(13)15/h6-8H,5H2,1-4H3,(H,16,17)/b10-6-. The van der Waals surface area contributed by atoms with Crippen LogP contribution in [-0.4, -0.2) is 5.91 Å². The van der Waals surface area contributed by atoms with Crippen LogP contribution in [0.1, 0.15) is 31.4 Å². The van der Waals surface area contributed by atoms with Crippen molar-refractivity contribution in [2.24, 2.45) is 0 Å². The molecule has 0 radical (unpaired) electrons. The largest absolute Gasteiger partial charge is 0.321 e. The van der Waals surface area contributed by atoms with Crippen molar-refractivity contribution in [3.8, 4) is 0 Å². The van der Waals surface area contributed by atoms with Gasteiger partial charge in [-0.3, -0.25) is 4.79 Å². The van der Waals surface area contributed by atoms with E-state index in [0.29, 0.717) is 0 Å². The van der Waals surface area contributed by atoms with Gasteiger partial charge in [0.2, 0.25) is 0 Å². The number of benzene rings is 1. The Morgan fingerprint density at radius 2 is 2.06 bits per heavy atom. The maximum absolute atomic E-state index is 11.9. The third-order valence-corrected chi connectivity index (χ3v) is 3.16. The van der Waals surface area contributed by atoms with E-state index in [2.05, 4.69) is 27.3 Å². The Morgan fingerprint density at radius 1 is 1.41 bits per heavy atom. The van der Waals surface area contributed by atoms with Gasteiger partial charge in [-0.15, -0.1) is 0 Å². The number of anilines is 1. The van der Waals surface area contributed by atoms with Gasteiger partial charge in [-0.25, -0.2) is 0 Å². The van der Waals surface area contributed by atoms with Crippen LogP contribution in [0.5, 0.6) is 0 Å². The van der Waals surface area contributed by atoms with E-state index >= 15 is 0 Å². The summed E-state index contributed by atoms with van der Waals surface area (Å²) in [4.78, 5) is 11.9. The van der Waals surface area contributed by atoms with Gasteiger partial charge < -0.3 is 5.32 Å². The molecule has 1 amide bonds. The molecule has 1 rings (SSSR count). The van der Waals surface area contributed by atoms with Crippen LogP contribution in [0.15, 0.2) is 28.3 Å². The number of rotatable bonds is 3. The van der Waals surface area contributed by atoms with Gasteiger partial charge in [-0.1, -0.05) is 19.1 Å². The Hall–Kier alpha value is -1.09. The summed E-state index contributed by atoms with van der Waals surface area (Å²) in [6, 6.07) is 4.06. The number of hydrogen-bond acceptors (Lipinski definition) is 1. The molecule has 0 heterocycles. The van der Waals surface area contributed by atoms with Crippen molar-refractivity contribution in [2.75, 3.05) is 5.32 Å². The lowest BCUT2D eigenvalue weighted by Crippen LogP contribution is -2.14. The zero-order valence-electron chi connectivity index (χ0n) is 10.7. The average Bonchev–Trinajstić information content (AvgIpc) is 2.23. The molecule has 0 saturated carbocycles. The van der Waals surface area contributed by atoms with Gasteiger partial charge in [0, 0.05) is 10.0 Å². The lowest BCUT2D eigenvalue weighted by Gasteiger charge is -2.12. The molecule has 0 unspecified atom stereocenters. The highest BCUT2D eigenvalue weighted by Crippen LogP contribution is 2.28. The summed E-state index contributed by atoms with van der Waals surface area (Å²) >= 11 is 3.48. The fourth-order valence-electron chi connectivity index (χ4n) is 1.69. The van der Waals surface area contributed by atoms with Crippen molar-refractivity contribution >= 4 is 27.5 Å². The molecule has 17 heavy (non-hydrogen) atoms. The second kappa shape index (κ2) is 6.01. The number of carbonyl (C=O) groups is 1. The Kier molecular flexibility index (Phi) is 4.94. The Balaban J connectivity index is 2.97. The molecule has 0 fully saturated rings. The Bertz CT molecular complexity index is 440. The molecule has 0 bridgehead atoms. The molecule has 0 aliphatic carbocycles. The minimum absolute atomic E-state index is 0.0421. The lowest BCUT2D eigenvalue weighted by atomic mass is 10.1. The molecular weight excluding hydrogens is 278 g/mol. The molecule has 0 atom stereocenters. The first-order valence-electron chi connectivity index (χ1n) is 5.70. The summed E-state index contributed by atoms with van der Waals surface area (Å²) in [6.45, 7) is 7.87. The molecule has 0 aliphatic rings. The fraction of sp³-hybridized carbons (Fsp3) is 0.357. The topological polar surface area (TPSA) is 29.1 Å². The molecule has 0 saturated heterocycles. The van der Waals surface area contributed by atoms with Gasteiger partial charge in [0.05, 0.1) is 5.69 Å². The van der Waals surface area contributed by atoms with E-state index in [4.69, 9.17) is 0 Å². The molecular formula is C14H18BrNO. The van der Waals surface area contributed by atoms with Crippen LogP contribution < -0.4 is 5.32 Å². The average molecular weight is 296 g/mol. The van der Waals surface area contributed by atoms with Crippen molar-refractivity contribution < 1.29 is 4.79 Å².